The fourth-order valence-corrected chi connectivity index (χ4v) is 5.07. The van der Waals surface area contributed by atoms with E-state index in [1.54, 1.807) is 17.7 Å². The molecule has 31 heavy (non-hydrogen) atoms. The lowest BCUT2D eigenvalue weighted by Gasteiger charge is -2.31. The SMILES string of the molecule is COc1ccccc1-n1c(SCC(=O)N(C)C2CCCCC2)nc2ccccc2c1=O. The number of methoxy groups -OCH3 is 1. The van der Waals surface area contributed by atoms with E-state index in [-0.39, 0.29) is 17.2 Å². The van der Waals surface area contributed by atoms with Gasteiger partial charge in [0.1, 0.15) is 5.75 Å². The largest absolute Gasteiger partial charge is 0.495 e. The first kappa shape index (κ1) is 21.4. The van der Waals surface area contributed by atoms with Gasteiger partial charge in [-0.25, -0.2) is 4.98 Å². The molecule has 2 aromatic carbocycles. The summed E-state index contributed by atoms with van der Waals surface area (Å²) in [7, 11) is 3.47. The number of carbonyl (C=O) groups excluding carboxylic acids is 1. The van der Waals surface area contributed by atoms with E-state index in [1.807, 2.05) is 54.4 Å². The molecule has 6 nitrogen and oxygen atoms in total. The Hall–Kier alpha value is -2.80. The Bertz CT molecular complexity index is 1140. The summed E-state index contributed by atoms with van der Waals surface area (Å²) < 4.78 is 7.05. The highest BCUT2D eigenvalue weighted by molar-refractivity contribution is 7.99. The number of rotatable bonds is 6. The van der Waals surface area contributed by atoms with Crippen molar-refractivity contribution in [3.05, 3.63) is 58.9 Å². The van der Waals surface area contributed by atoms with E-state index in [2.05, 4.69) is 0 Å². The van der Waals surface area contributed by atoms with Crippen LogP contribution in [-0.4, -0.2) is 46.3 Å². The third-order valence-corrected chi connectivity index (χ3v) is 6.83. The Morgan fingerprint density at radius 2 is 1.84 bits per heavy atom. The van der Waals surface area contributed by atoms with Crippen LogP contribution in [0.4, 0.5) is 0 Å². The molecule has 0 aliphatic heterocycles. The van der Waals surface area contributed by atoms with Crippen LogP contribution < -0.4 is 10.3 Å². The van der Waals surface area contributed by atoms with E-state index in [0.29, 0.717) is 33.5 Å². The van der Waals surface area contributed by atoms with E-state index in [1.165, 1.54) is 31.0 Å². The number of benzene rings is 2. The average Bonchev–Trinajstić information content (AvgIpc) is 2.82. The molecule has 1 aliphatic carbocycles. The molecule has 7 heteroatoms. The van der Waals surface area contributed by atoms with Gasteiger partial charge in [0.15, 0.2) is 5.16 Å². The van der Waals surface area contributed by atoms with Crippen LogP contribution in [0.5, 0.6) is 5.75 Å². The van der Waals surface area contributed by atoms with Crippen molar-refractivity contribution in [3.63, 3.8) is 0 Å². The number of ether oxygens (including phenoxy) is 1. The zero-order chi connectivity index (χ0) is 21.8. The van der Waals surface area contributed by atoms with Crippen molar-refractivity contribution in [2.75, 3.05) is 19.9 Å². The second-order valence-corrected chi connectivity index (χ2v) is 8.75. The maximum absolute atomic E-state index is 13.4. The van der Waals surface area contributed by atoms with Gasteiger partial charge in [-0.3, -0.25) is 14.2 Å². The van der Waals surface area contributed by atoms with Crippen LogP contribution in [-0.2, 0) is 4.79 Å². The molecule has 0 saturated heterocycles. The second kappa shape index (κ2) is 9.56. The summed E-state index contributed by atoms with van der Waals surface area (Å²) in [5.74, 6) is 0.868. The van der Waals surface area contributed by atoms with Crippen molar-refractivity contribution in [3.8, 4) is 11.4 Å². The molecular weight excluding hydrogens is 410 g/mol. The van der Waals surface area contributed by atoms with Gasteiger partial charge >= 0.3 is 0 Å². The Morgan fingerprint density at radius 1 is 1.13 bits per heavy atom. The summed E-state index contributed by atoms with van der Waals surface area (Å²) >= 11 is 1.30. The van der Waals surface area contributed by atoms with Crippen LogP contribution in [0.3, 0.4) is 0 Å². The van der Waals surface area contributed by atoms with Gasteiger partial charge < -0.3 is 9.64 Å². The molecule has 3 aromatic rings. The molecule has 0 atom stereocenters. The van der Waals surface area contributed by atoms with Crippen molar-refractivity contribution in [1.82, 2.24) is 14.5 Å². The number of hydrogen-bond acceptors (Lipinski definition) is 5. The number of fused-ring (bicyclic) bond motifs is 1. The van der Waals surface area contributed by atoms with Gasteiger partial charge in [0.25, 0.3) is 5.56 Å². The van der Waals surface area contributed by atoms with Gasteiger partial charge in [-0.05, 0) is 37.1 Å². The lowest BCUT2D eigenvalue weighted by molar-refractivity contribution is -0.129. The molecule has 162 valence electrons. The van der Waals surface area contributed by atoms with Crippen molar-refractivity contribution in [1.29, 1.82) is 0 Å². The minimum absolute atomic E-state index is 0.0610. The van der Waals surface area contributed by atoms with E-state index in [9.17, 15) is 9.59 Å². The second-order valence-electron chi connectivity index (χ2n) is 7.81. The summed E-state index contributed by atoms with van der Waals surface area (Å²) in [6.07, 6.45) is 5.73. The summed E-state index contributed by atoms with van der Waals surface area (Å²) in [5, 5.41) is 1.02. The van der Waals surface area contributed by atoms with Crippen LogP contribution in [0.15, 0.2) is 58.5 Å². The predicted octanol–water partition coefficient (Wildman–Crippen LogP) is 4.28. The van der Waals surface area contributed by atoms with Crippen LogP contribution in [0.25, 0.3) is 16.6 Å². The molecule has 1 fully saturated rings. The molecule has 0 spiro atoms. The summed E-state index contributed by atoms with van der Waals surface area (Å²) in [4.78, 5) is 32.9. The van der Waals surface area contributed by atoms with Crippen LogP contribution in [0, 0.1) is 0 Å². The van der Waals surface area contributed by atoms with Crippen LogP contribution in [0.2, 0.25) is 0 Å². The van der Waals surface area contributed by atoms with Crippen molar-refractivity contribution in [2.24, 2.45) is 0 Å². The molecule has 1 saturated carbocycles. The number of amides is 1. The molecule has 0 N–H and O–H groups in total. The van der Waals surface area contributed by atoms with E-state index >= 15 is 0 Å². The molecule has 0 unspecified atom stereocenters. The van der Waals surface area contributed by atoms with Gasteiger partial charge in [-0.1, -0.05) is 55.3 Å². The van der Waals surface area contributed by atoms with Crippen molar-refractivity contribution in [2.45, 2.75) is 43.3 Å². The monoisotopic (exact) mass is 437 g/mol. The fourth-order valence-electron chi connectivity index (χ4n) is 4.14. The maximum Gasteiger partial charge on any atom is 0.266 e. The van der Waals surface area contributed by atoms with E-state index < -0.39 is 0 Å². The molecule has 1 aliphatic rings. The standard InChI is InChI=1S/C24H27N3O3S/c1-26(17-10-4-3-5-11-17)22(28)16-31-24-25-19-13-7-6-12-18(19)23(29)27(24)20-14-8-9-15-21(20)30-2/h6-9,12-15,17H,3-5,10-11,16H2,1-2H3. The smallest absolute Gasteiger partial charge is 0.266 e. The third-order valence-electron chi connectivity index (χ3n) is 5.91. The lowest BCUT2D eigenvalue weighted by atomic mass is 9.94. The Balaban J connectivity index is 1.69. The molecular formula is C24H27N3O3S. The zero-order valence-electron chi connectivity index (χ0n) is 17.9. The fraction of sp³-hybridized carbons (Fsp3) is 0.375. The number of hydrogen-bond donors (Lipinski definition) is 0. The Labute approximate surface area is 186 Å². The minimum Gasteiger partial charge on any atom is -0.495 e. The first-order valence-corrected chi connectivity index (χ1v) is 11.6. The Morgan fingerprint density at radius 3 is 2.61 bits per heavy atom. The first-order chi connectivity index (χ1) is 15.1. The van der Waals surface area contributed by atoms with Crippen LogP contribution in [0.1, 0.15) is 32.1 Å². The highest BCUT2D eigenvalue weighted by Gasteiger charge is 2.23. The number of carbonyl (C=O) groups is 1. The third kappa shape index (κ3) is 4.46. The molecule has 1 aromatic heterocycles. The maximum atomic E-state index is 13.4. The van der Waals surface area contributed by atoms with Gasteiger partial charge in [0, 0.05) is 13.1 Å². The van der Waals surface area contributed by atoms with Gasteiger partial charge in [-0.15, -0.1) is 0 Å². The predicted molar refractivity (Wildman–Crippen MR) is 124 cm³/mol. The topological polar surface area (TPSA) is 64.4 Å². The average molecular weight is 438 g/mol. The molecule has 0 radical (unpaired) electrons. The van der Waals surface area contributed by atoms with Gasteiger partial charge in [0.05, 0.1) is 29.5 Å². The Kier molecular flexibility index (Phi) is 6.61. The normalized spacial score (nSPS) is 14.5. The van der Waals surface area contributed by atoms with Crippen molar-refractivity contribution < 1.29 is 9.53 Å². The highest BCUT2D eigenvalue weighted by atomic mass is 32.2. The number of para-hydroxylation sites is 3. The quantitative estimate of drug-likeness (QED) is 0.425. The molecule has 0 bridgehead atoms. The molecule has 4 rings (SSSR count). The van der Waals surface area contributed by atoms with Crippen LogP contribution >= 0.6 is 11.8 Å². The van der Waals surface area contributed by atoms with Gasteiger partial charge in [0.2, 0.25) is 5.91 Å². The first-order valence-electron chi connectivity index (χ1n) is 10.6. The minimum atomic E-state index is -0.175. The summed E-state index contributed by atoms with van der Waals surface area (Å²) in [6.45, 7) is 0. The molecule has 1 heterocycles. The van der Waals surface area contributed by atoms with Gasteiger partial charge in [-0.2, -0.15) is 0 Å². The highest BCUT2D eigenvalue weighted by Crippen LogP contribution is 2.28. The van der Waals surface area contributed by atoms with E-state index in [4.69, 9.17) is 9.72 Å². The summed E-state index contributed by atoms with van der Waals surface area (Å²) in [5.41, 5.74) is 1.06. The number of nitrogens with zero attached hydrogens (tertiary/aromatic N) is 3. The zero-order valence-corrected chi connectivity index (χ0v) is 18.7. The molecule has 1 amide bonds. The van der Waals surface area contributed by atoms with Crippen molar-refractivity contribution >= 4 is 28.6 Å². The van der Waals surface area contributed by atoms with E-state index in [0.717, 1.165) is 12.8 Å². The summed E-state index contributed by atoms with van der Waals surface area (Å²) in [6, 6.07) is 14.9. The number of aromatic nitrogens is 2. The lowest BCUT2D eigenvalue weighted by Crippen LogP contribution is -2.39. The number of thioether (sulfide) groups is 1.